The predicted octanol–water partition coefficient (Wildman–Crippen LogP) is 5.03. The third-order valence-corrected chi connectivity index (χ3v) is 10.5. The average Bonchev–Trinajstić information content (AvgIpc) is 3.80. The summed E-state index contributed by atoms with van der Waals surface area (Å²) >= 11 is 1.49. The average molecular weight is 603 g/mol. The van der Waals surface area contributed by atoms with Crippen molar-refractivity contribution in [1.29, 1.82) is 0 Å². The molecule has 5 aliphatic rings. The maximum atomic E-state index is 11.3. The lowest BCUT2D eigenvalue weighted by Crippen LogP contribution is -2.44. The second kappa shape index (κ2) is 10.8. The third kappa shape index (κ3) is 5.04. The number of pyridine rings is 1. The van der Waals surface area contributed by atoms with E-state index in [1.165, 1.54) is 24.1 Å². The van der Waals surface area contributed by atoms with Gasteiger partial charge in [0, 0.05) is 18.3 Å². The van der Waals surface area contributed by atoms with E-state index in [2.05, 4.69) is 45.9 Å². The standard InChI is InChI=1S/C25H32N8O3S.C6H6/c1-13-4-5-32(10-13)16-6-14(2)20-27-21(30-33(20)11-16)25-7-15(12-36-25)18(25)19-26-23(29-28-19)31-37-17-8-24(3,9-17)22(34)35;1-2-4-6-5-3-1/h6,11,13,15,17-18H,4-5,7-10,12H2,1-3H3,(H,34,35)(H2,26,28,29,31);1-6H. The molecule has 5 fully saturated rings. The van der Waals surface area contributed by atoms with Gasteiger partial charge in [-0.05, 0) is 74.9 Å². The fourth-order valence-electron chi connectivity index (χ4n) is 6.99. The molecule has 3 aliphatic heterocycles. The van der Waals surface area contributed by atoms with Crippen LogP contribution in [-0.4, -0.2) is 65.8 Å². The number of fused-ring (bicyclic) bond motifs is 2. The van der Waals surface area contributed by atoms with E-state index in [4.69, 9.17) is 19.8 Å². The molecule has 11 nitrogen and oxygen atoms in total. The molecule has 3 N–H and O–H groups in total. The van der Waals surface area contributed by atoms with E-state index in [9.17, 15) is 9.90 Å². The molecule has 4 aromatic rings. The van der Waals surface area contributed by atoms with Gasteiger partial charge in [-0.3, -0.25) is 14.6 Å². The highest BCUT2D eigenvalue weighted by Crippen LogP contribution is 2.63. The van der Waals surface area contributed by atoms with E-state index in [0.717, 1.165) is 36.5 Å². The summed E-state index contributed by atoms with van der Waals surface area (Å²) in [7, 11) is 0. The highest BCUT2D eigenvalue weighted by atomic mass is 32.2. The Morgan fingerprint density at radius 1 is 1.16 bits per heavy atom. The van der Waals surface area contributed by atoms with Crippen molar-refractivity contribution in [3.8, 4) is 0 Å². The van der Waals surface area contributed by atoms with E-state index in [0.29, 0.717) is 43.1 Å². The molecule has 226 valence electrons. The first-order chi connectivity index (χ1) is 20.7. The number of aromatic amines is 1. The van der Waals surface area contributed by atoms with Gasteiger partial charge in [0.05, 0.1) is 29.8 Å². The maximum Gasteiger partial charge on any atom is 0.309 e. The Labute approximate surface area is 255 Å². The number of H-pyrrole nitrogens is 1. The van der Waals surface area contributed by atoms with E-state index < -0.39 is 17.0 Å². The summed E-state index contributed by atoms with van der Waals surface area (Å²) in [5.74, 6) is 2.36. The number of anilines is 2. The lowest BCUT2D eigenvalue weighted by Gasteiger charge is -2.41. The number of hydrogen-bond acceptors (Lipinski definition) is 9. The summed E-state index contributed by atoms with van der Waals surface area (Å²) in [5.41, 5.74) is 1.95. The monoisotopic (exact) mass is 602 g/mol. The van der Waals surface area contributed by atoms with Crippen LogP contribution >= 0.6 is 11.9 Å². The number of aryl methyl sites for hydroxylation is 1. The van der Waals surface area contributed by atoms with Gasteiger partial charge in [-0.25, -0.2) is 9.50 Å². The van der Waals surface area contributed by atoms with E-state index in [1.807, 2.05) is 40.9 Å². The van der Waals surface area contributed by atoms with Crippen LogP contribution in [0.25, 0.3) is 5.65 Å². The number of carboxylic acids is 1. The number of nitrogens with zero attached hydrogens (tertiary/aromatic N) is 6. The van der Waals surface area contributed by atoms with Crippen LogP contribution in [0.1, 0.15) is 62.7 Å². The fraction of sp³-hybridized carbons (Fsp3) is 0.516. The molecule has 6 heterocycles. The normalized spacial score (nSPS) is 30.8. The summed E-state index contributed by atoms with van der Waals surface area (Å²) in [6.45, 7) is 9.00. The Morgan fingerprint density at radius 2 is 1.91 bits per heavy atom. The first-order valence-corrected chi connectivity index (χ1v) is 16.0. The molecule has 2 bridgehead atoms. The molecular formula is C31H38N8O3S. The molecule has 0 radical (unpaired) electrons. The fourth-order valence-corrected chi connectivity index (χ4v) is 8.25. The van der Waals surface area contributed by atoms with E-state index in [-0.39, 0.29) is 11.2 Å². The number of carboxylic acid groups (broad SMARTS) is 1. The molecule has 0 spiro atoms. The molecule has 2 aliphatic carbocycles. The van der Waals surface area contributed by atoms with Crippen molar-refractivity contribution in [1.82, 2.24) is 29.8 Å². The maximum absolute atomic E-state index is 11.3. The van der Waals surface area contributed by atoms with Crippen LogP contribution in [-0.2, 0) is 15.1 Å². The van der Waals surface area contributed by atoms with Crippen molar-refractivity contribution < 1.29 is 14.6 Å². The molecule has 0 amide bonds. The van der Waals surface area contributed by atoms with Crippen molar-refractivity contribution in [3.63, 3.8) is 0 Å². The summed E-state index contributed by atoms with van der Waals surface area (Å²) in [4.78, 5) is 23.4. The van der Waals surface area contributed by atoms with Crippen molar-refractivity contribution in [2.45, 2.75) is 63.2 Å². The van der Waals surface area contributed by atoms with Gasteiger partial charge in [0.15, 0.2) is 11.5 Å². The highest BCUT2D eigenvalue weighted by molar-refractivity contribution is 8.01. The number of aromatic nitrogens is 6. The Kier molecular flexibility index (Phi) is 7.08. The van der Waals surface area contributed by atoms with E-state index >= 15 is 0 Å². The topological polar surface area (TPSA) is 134 Å². The second-order valence-electron chi connectivity index (χ2n) is 12.9. The van der Waals surface area contributed by atoms with Gasteiger partial charge < -0.3 is 14.7 Å². The molecule has 3 aromatic heterocycles. The minimum Gasteiger partial charge on any atom is -0.481 e. The number of hydrogen-bond donors (Lipinski definition) is 3. The van der Waals surface area contributed by atoms with Crippen LogP contribution in [0.2, 0.25) is 0 Å². The van der Waals surface area contributed by atoms with Gasteiger partial charge in [-0.2, -0.15) is 4.98 Å². The lowest BCUT2D eigenvalue weighted by molar-refractivity contribution is -0.152. The number of nitrogens with one attached hydrogen (secondary N) is 2. The molecular weight excluding hydrogens is 564 g/mol. The minimum atomic E-state index is -0.729. The number of ether oxygens (including phenoxy) is 1. The predicted molar refractivity (Wildman–Crippen MR) is 165 cm³/mol. The zero-order valence-corrected chi connectivity index (χ0v) is 25.5. The van der Waals surface area contributed by atoms with Crippen LogP contribution in [0.15, 0.2) is 48.7 Å². The third-order valence-electron chi connectivity index (χ3n) is 9.52. The molecule has 9 rings (SSSR count). The van der Waals surface area contributed by atoms with Gasteiger partial charge in [-0.15, -0.1) is 10.2 Å². The van der Waals surface area contributed by atoms with E-state index in [1.54, 1.807) is 6.92 Å². The summed E-state index contributed by atoms with van der Waals surface area (Å²) < 4.78 is 11.5. The molecule has 4 unspecified atom stereocenters. The van der Waals surface area contributed by atoms with Gasteiger partial charge in [0.25, 0.3) is 5.95 Å². The number of rotatable bonds is 7. The largest absolute Gasteiger partial charge is 0.481 e. The van der Waals surface area contributed by atoms with Gasteiger partial charge in [-0.1, -0.05) is 43.3 Å². The zero-order chi connectivity index (χ0) is 29.8. The highest BCUT2D eigenvalue weighted by Gasteiger charge is 2.66. The Hall–Kier alpha value is -3.64. The molecule has 12 heteroatoms. The molecule has 3 saturated heterocycles. The number of benzene rings is 1. The van der Waals surface area contributed by atoms with Crippen LogP contribution in [0.5, 0.6) is 0 Å². The van der Waals surface area contributed by atoms with Crippen LogP contribution in [0.3, 0.4) is 0 Å². The Morgan fingerprint density at radius 3 is 2.56 bits per heavy atom. The van der Waals surface area contributed by atoms with Crippen molar-refractivity contribution >= 4 is 35.2 Å². The number of carbonyl (C=O) groups is 1. The second-order valence-corrected chi connectivity index (χ2v) is 14.0. The molecule has 43 heavy (non-hydrogen) atoms. The lowest BCUT2D eigenvalue weighted by atomic mass is 9.63. The van der Waals surface area contributed by atoms with Crippen LogP contribution in [0, 0.1) is 24.2 Å². The summed E-state index contributed by atoms with van der Waals surface area (Å²) in [6, 6.07) is 14.2. The van der Waals surface area contributed by atoms with Crippen LogP contribution < -0.4 is 9.62 Å². The quantitative estimate of drug-likeness (QED) is 0.247. The number of aliphatic carboxylic acids is 1. The Balaban J connectivity index is 0.000000449. The van der Waals surface area contributed by atoms with Crippen molar-refractivity contribution in [3.05, 3.63) is 65.9 Å². The zero-order valence-electron chi connectivity index (χ0n) is 24.7. The smallest absolute Gasteiger partial charge is 0.309 e. The first-order valence-electron chi connectivity index (χ1n) is 15.1. The van der Waals surface area contributed by atoms with Gasteiger partial charge >= 0.3 is 5.97 Å². The van der Waals surface area contributed by atoms with Gasteiger partial charge in [0.2, 0.25) is 0 Å². The summed E-state index contributed by atoms with van der Waals surface area (Å²) in [5, 5.41) is 22.0. The molecule has 1 aromatic carbocycles. The van der Waals surface area contributed by atoms with Gasteiger partial charge in [0.1, 0.15) is 11.4 Å². The van der Waals surface area contributed by atoms with Crippen LogP contribution in [0.4, 0.5) is 11.6 Å². The first kappa shape index (κ1) is 28.1. The molecule has 2 saturated carbocycles. The SMILES string of the molecule is Cc1cc(N2CCC(C)C2)cn2nc(C34CC(CO3)C4c3nc(NSC4CC(C)(C(=O)O)C4)n[nH]3)nc12.c1ccccc1. The Bertz CT molecular complexity index is 1590. The minimum absolute atomic E-state index is 0.0242. The summed E-state index contributed by atoms with van der Waals surface area (Å²) in [6.07, 6.45) is 5.46. The van der Waals surface area contributed by atoms with Crippen molar-refractivity contribution in [2.24, 2.45) is 17.3 Å². The molecule has 4 atom stereocenters. The van der Waals surface area contributed by atoms with Crippen molar-refractivity contribution in [2.75, 3.05) is 29.3 Å².